The topological polar surface area (TPSA) is 70.6 Å². The number of piperazine rings is 1. The Kier molecular flexibility index (Phi) is 6.97. The van der Waals surface area contributed by atoms with E-state index in [2.05, 4.69) is 20.4 Å². The van der Waals surface area contributed by atoms with E-state index in [-0.39, 0.29) is 6.03 Å². The van der Waals surface area contributed by atoms with Crippen molar-refractivity contribution < 1.29 is 9.53 Å². The third-order valence-electron chi connectivity index (χ3n) is 5.18. The third kappa shape index (κ3) is 5.06. The van der Waals surface area contributed by atoms with Gasteiger partial charge in [-0.2, -0.15) is 0 Å². The first-order chi connectivity index (χ1) is 15.5. The zero-order valence-corrected chi connectivity index (χ0v) is 19.1. The molecule has 2 amide bonds. The summed E-state index contributed by atoms with van der Waals surface area (Å²) in [5.41, 5.74) is 2.13. The van der Waals surface area contributed by atoms with Crippen LogP contribution in [0.4, 0.5) is 16.3 Å². The molecule has 2 aromatic carbocycles. The Morgan fingerprint density at radius 2 is 1.81 bits per heavy atom. The molecule has 0 unspecified atom stereocenters. The average molecular weight is 472 g/mol. The molecule has 7 nitrogen and oxygen atoms in total. The number of hydrogen-bond acceptors (Lipinski definition) is 5. The normalized spacial score (nSPS) is 13.7. The fourth-order valence-corrected chi connectivity index (χ4v) is 4.02. The van der Waals surface area contributed by atoms with Crippen LogP contribution in [0.1, 0.15) is 6.92 Å². The van der Waals surface area contributed by atoms with Gasteiger partial charge in [-0.1, -0.05) is 35.3 Å². The van der Waals surface area contributed by atoms with Gasteiger partial charge in [-0.3, -0.25) is 0 Å². The van der Waals surface area contributed by atoms with Crippen LogP contribution >= 0.6 is 23.2 Å². The molecule has 0 bridgehead atoms. The summed E-state index contributed by atoms with van der Waals surface area (Å²) in [6.07, 6.45) is 0. The molecule has 1 fully saturated rings. The summed E-state index contributed by atoms with van der Waals surface area (Å²) in [4.78, 5) is 16.6. The van der Waals surface area contributed by atoms with Crippen molar-refractivity contribution in [2.45, 2.75) is 6.92 Å². The van der Waals surface area contributed by atoms with Gasteiger partial charge in [0.05, 0.1) is 23.0 Å². The number of para-hydroxylation sites is 2. The fourth-order valence-electron chi connectivity index (χ4n) is 3.52. The van der Waals surface area contributed by atoms with Crippen LogP contribution in [0.15, 0.2) is 54.6 Å². The lowest BCUT2D eigenvalue weighted by Gasteiger charge is -2.35. The second kappa shape index (κ2) is 10.1. The van der Waals surface area contributed by atoms with Gasteiger partial charge < -0.3 is 19.9 Å². The highest BCUT2D eigenvalue weighted by Gasteiger charge is 2.23. The van der Waals surface area contributed by atoms with Gasteiger partial charge in [0.1, 0.15) is 5.75 Å². The highest BCUT2D eigenvalue weighted by Crippen LogP contribution is 2.29. The maximum Gasteiger partial charge on any atom is 0.322 e. The monoisotopic (exact) mass is 471 g/mol. The molecule has 4 rings (SSSR count). The number of hydrogen-bond donors (Lipinski definition) is 1. The van der Waals surface area contributed by atoms with Gasteiger partial charge in [0.15, 0.2) is 5.82 Å². The van der Waals surface area contributed by atoms with Gasteiger partial charge >= 0.3 is 6.03 Å². The minimum absolute atomic E-state index is 0.143. The van der Waals surface area contributed by atoms with Gasteiger partial charge in [0.2, 0.25) is 0 Å². The van der Waals surface area contributed by atoms with Crippen LogP contribution in [-0.2, 0) is 0 Å². The van der Waals surface area contributed by atoms with Crippen LogP contribution in [-0.4, -0.2) is 53.9 Å². The molecule has 3 aromatic rings. The van der Waals surface area contributed by atoms with E-state index in [0.717, 1.165) is 11.4 Å². The van der Waals surface area contributed by atoms with E-state index >= 15 is 0 Å². The van der Waals surface area contributed by atoms with E-state index in [1.165, 1.54) is 0 Å². The van der Waals surface area contributed by atoms with Crippen molar-refractivity contribution in [2.75, 3.05) is 43.0 Å². The number of ether oxygens (including phenoxy) is 1. The van der Waals surface area contributed by atoms with Gasteiger partial charge in [0.25, 0.3) is 0 Å². The SMILES string of the molecule is CCOc1ccccc1NC(=O)N1CCN(c2ccc(-c3ccc(Cl)cc3Cl)nn2)CC1. The van der Waals surface area contributed by atoms with Crippen molar-refractivity contribution in [3.8, 4) is 17.0 Å². The van der Waals surface area contributed by atoms with Crippen molar-refractivity contribution in [1.29, 1.82) is 0 Å². The number of benzene rings is 2. The van der Waals surface area contributed by atoms with Crippen molar-refractivity contribution in [1.82, 2.24) is 15.1 Å². The molecule has 9 heteroatoms. The summed E-state index contributed by atoms with van der Waals surface area (Å²) in [7, 11) is 0. The number of urea groups is 1. The molecule has 1 aromatic heterocycles. The summed E-state index contributed by atoms with van der Waals surface area (Å²) in [6.45, 7) is 4.93. The maximum atomic E-state index is 12.7. The lowest BCUT2D eigenvalue weighted by molar-refractivity contribution is 0.208. The molecule has 1 aliphatic heterocycles. The minimum Gasteiger partial charge on any atom is -0.492 e. The van der Waals surface area contributed by atoms with Gasteiger partial charge in [-0.25, -0.2) is 4.79 Å². The molecule has 1 N–H and O–H groups in total. The average Bonchev–Trinajstić information content (AvgIpc) is 2.81. The maximum absolute atomic E-state index is 12.7. The molecule has 0 spiro atoms. The summed E-state index contributed by atoms with van der Waals surface area (Å²) < 4.78 is 5.58. The van der Waals surface area contributed by atoms with Crippen LogP contribution in [0.3, 0.4) is 0 Å². The molecule has 1 aliphatic rings. The zero-order chi connectivity index (χ0) is 22.5. The van der Waals surface area contributed by atoms with Crippen molar-refractivity contribution in [3.63, 3.8) is 0 Å². The largest absolute Gasteiger partial charge is 0.492 e. The number of carbonyl (C=O) groups excluding carboxylic acids is 1. The molecule has 1 saturated heterocycles. The zero-order valence-electron chi connectivity index (χ0n) is 17.6. The van der Waals surface area contributed by atoms with Crippen LogP contribution in [0.5, 0.6) is 5.75 Å². The lowest BCUT2D eigenvalue weighted by atomic mass is 10.1. The third-order valence-corrected chi connectivity index (χ3v) is 5.72. The molecule has 0 radical (unpaired) electrons. The summed E-state index contributed by atoms with van der Waals surface area (Å²) in [5, 5.41) is 12.7. The summed E-state index contributed by atoms with van der Waals surface area (Å²) in [5.74, 6) is 1.43. The Balaban J connectivity index is 1.36. The quantitative estimate of drug-likeness (QED) is 0.553. The minimum atomic E-state index is -0.143. The van der Waals surface area contributed by atoms with Gasteiger partial charge in [-0.05, 0) is 49.4 Å². The van der Waals surface area contributed by atoms with Crippen LogP contribution in [0.25, 0.3) is 11.3 Å². The van der Waals surface area contributed by atoms with Crippen LogP contribution in [0, 0.1) is 0 Å². The van der Waals surface area contributed by atoms with Crippen molar-refractivity contribution >= 4 is 40.7 Å². The van der Waals surface area contributed by atoms with Gasteiger partial charge in [0, 0.05) is 36.8 Å². The first-order valence-electron chi connectivity index (χ1n) is 10.4. The molecule has 2 heterocycles. The molecular formula is C23H23Cl2N5O2. The Morgan fingerprint density at radius 3 is 2.50 bits per heavy atom. The molecule has 0 saturated carbocycles. The van der Waals surface area contributed by atoms with Gasteiger partial charge in [-0.15, -0.1) is 10.2 Å². The molecular weight excluding hydrogens is 449 g/mol. The van der Waals surface area contributed by atoms with Crippen molar-refractivity contribution in [2.24, 2.45) is 0 Å². The first-order valence-corrected chi connectivity index (χ1v) is 11.1. The standard InChI is InChI=1S/C23H23Cl2N5O2/c1-2-32-21-6-4-3-5-20(21)26-23(31)30-13-11-29(12-14-30)22-10-9-19(27-28-22)17-8-7-16(24)15-18(17)25/h3-10,15H,2,11-14H2,1H3,(H,26,31). The van der Waals surface area contributed by atoms with Crippen LogP contribution in [0.2, 0.25) is 10.0 Å². The van der Waals surface area contributed by atoms with E-state index < -0.39 is 0 Å². The first kappa shape index (κ1) is 22.2. The Hall–Kier alpha value is -3.03. The smallest absolute Gasteiger partial charge is 0.322 e. The van der Waals surface area contributed by atoms with Crippen molar-refractivity contribution in [3.05, 3.63) is 64.6 Å². The second-order valence-electron chi connectivity index (χ2n) is 7.23. The summed E-state index contributed by atoms with van der Waals surface area (Å²) in [6, 6.07) is 16.4. The number of anilines is 2. The predicted molar refractivity (Wildman–Crippen MR) is 128 cm³/mol. The van der Waals surface area contributed by atoms with E-state index in [9.17, 15) is 4.79 Å². The Bertz CT molecular complexity index is 1090. The van der Waals surface area contributed by atoms with E-state index in [1.807, 2.05) is 49.4 Å². The highest BCUT2D eigenvalue weighted by molar-refractivity contribution is 6.36. The van der Waals surface area contributed by atoms with E-state index in [1.54, 1.807) is 17.0 Å². The highest BCUT2D eigenvalue weighted by atomic mass is 35.5. The summed E-state index contributed by atoms with van der Waals surface area (Å²) >= 11 is 12.2. The predicted octanol–water partition coefficient (Wildman–Crippen LogP) is 5.20. The van der Waals surface area contributed by atoms with E-state index in [4.69, 9.17) is 27.9 Å². The fraction of sp³-hybridized carbons (Fsp3) is 0.261. The number of carbonyl (C=O) groups is 1. The van der Waals surface area contributed by atoms with Crippen LogP contribution < -0.4 is 15.0 Å². The molecule has 32 heavy (non-hydrogen) atoms. The van der Waals surface area contributed by atoms with E-state index in [0.29, 0.717) is 60.0 Å². The number of rotatable bonds is 5. The molecule has 0 aliphatic carbocycles. The number of halogens is 2. The Morgan fingerprint density at radius 1 is 1.03 bits per heavy atom. The number of nitrogens with zero attached hydrogens (tertiary/aromatic N) is 4. The lowest BCUT2D eigenvalue weighted by Crippen LogP contribution is -2.50. The molecule has 0 atom stereocenters. The number of nitrogens with one attached hydrogen (secondary N) is 1. The molecule has 166 valence electrons. The number of amides is 2. The second-order valence-corrected chi connectivity index (χ2v) is 8.08. The number of aromatic nitrogens is 2. The Labute approximate surface area is 196 Å².